The van der Waals surface area contributed by atoms with Crippen molar-refractivity contribution >= 4 is 23.6 Å². The van der Waals surface area contributed by atoms with Gasteiger partial charge in [0.25, 0.3) is 5.91 Å². The molecule has 0 unspecified atom stereocenters. The average Bonchev–Trinajstić information content (AvgIpc) is 2.60. The SMILES string of the molecule is CC(C)(C)C(=O)NCc1cccc(C(=O)NCCN2CCSCC2)c1. The van der Waals surface area contributed by atoms with Gasteiger partial charge in [-0.2, -0.15) is 11.8 Å². The Morgan fingerprint density at radius 3 is 2.56 bits per heavy atom. The minimum Gasteiger partial charge on any atom is -0.352 e. The van der Waals surface area contributed by atoms with Gasteiger partial charge < -0.3 is 10.6 Å². The number of carbonyl (C=O) groups is 2. The van der Waals surface area contributed by atoms with Crippen LogP contribution >= 0.6 is 11.8 Å². The Balaban J connectivity index is 1.80. The topological polar surface area (TPSA) is 61.4 Å². The van der Waals surface area contributed by atoms with E-state index in [1.54, 1.807) is 0 Å². The van der Waals surface area contributed by atoms with E-state index in [1.807, 2.05) is 56.8 Å². The summed E-state index contributed by atoms with van der Waals surface area (Å²) >= 11 is 1.99. The molecule has 1 saturated heterocycles. The third kappa shape index (κ3) is 6.71. The molecule has 0 aliphatic carbocycles. The van der Waals surface area contributed by atoms with Crippen molar-refractivity contribution in [1.29, 1.82) is 0 Å². The second-order valence-electron chi connectivity index (χ2n) is 7.34. The van der Waals surface area contributed by atoms with Crippen molar-refractivity contribution in [3.8, 4) is 0 Å². The molecule has 1 aliphatic rings. The van der Waals surface area contributed by atoms with Crippen LogP contribution in [0.5, 0.6) is 0 Å². The second kappa shape index (κ2) is 9.25. The Morgan fingerprint density at radius 2 is 1.88 bits per heavy atom. The quantitative estimate of drug-likeness (QED) is 0.813. The Hall–Kier alpha value is -1.53. The minimum atomic E-state index is -0.415. The van der Waals surface area contributed by atoms with Crippen molar-refractivity contribution in [1.82, 2.24) is 15.5 Å². The molecule has 1 aromatic rings. The van der Waals surface area contributed by atoms with E-state index < -0.39 is 5.41 Å². The summed E-state index contributed by atoms with van der Waals surface area (Å²) in [6.45, 7) is 9.84. The van der Waals surface area contributed by atoms with Gasteiger partial charge >= 0.3 is 0 Å². The van der Waals surface area contributed by atoms with Gasteiger partial charge in [0.15, 0.2) is 0 Å². The van der Waals surface area contributed by atoms with E-state index in [-0.39, 0.29) is 11.8 Å². The van der Waals surface area contributed by atoms with Gasteiger partial charge in [0, 0.05) is 55.2 Å². The number of amides is 2. The van der Waals surface area contributed by atoms with E-state index in [9.17, 15) is 9.59 Å². The second-order valence-corrected chi connectivity index (χ2v) is 8.57. The first-order valence-corrected chi connectivity index (χ1v) is 9.97. The molecule has 0 bridgehead atoms. The fourth-order valence-corrected chi connectivity index (χ4v) is 3.50. The Morgan fingerprint density at radius 1 is 1.16 bits per heavy atom. The molecule has 1 aromatic carbocycles. The Labute approximate surface area is 154 Å². The van der Waals surface area contributed by atoms with Crippen molar-refractivity contribution in [3.05, 3.63) is 35.4 Å². The molecule has 0 spiro atoms. The number of rotatable bonds is 6. The molecule has 1 fully saturated rings. The maximum Gasteiger partial charge on any atom is 0.251 e. The van der Waals surface area contributed by atoms with E-state index in [1.165, 1.54) is 11.5 Å². The van der Waals surface area contributed by atoms with Crippen LogP contribution in [0.3, 0.4) is 0 Å². The molecule has 138 valence electrons. The molecule has 25 heavy (non-hydrogen) atoms. The normalized spacial score (nSPS) is 15.6. The lowest BCUT2D eigenvalue weighted by Crippen LogP contribution is -2.39. The zero-order valence-corrected chi connectivity index (χ0v) is 16.2. The van der Waals surface area contributed by atoms with E-state index in [2.05, 4.69) is 15.5 Å². The number of thioether (sulfide) groups is 1. The van der Waals surface area contributed by atoms with Crippen molar-refractivity contribution in [3.63, 3.8) is 0 Å². The molecule has 1 aliphatic heterocycles. The number of nitrogens with zero attached hydrogens (tertiary/aromatic N) is 1. The molecule has 6 heteroatoms. The van der Waals surface area contributed by atoms with E-state index in [4.69, 9.17) is 0 Å². The van der Waals surface area contributed by atoms with Gasteiger partial charge in [0.05, 0.1) is 0 Å². The molecule has 1 heterocycles. The summed E-state index contributed by atoms with van der Waals surface area (Å²) in [7, 11) is 0. The third-order valence-electron chi connectivity index (χ3n) is 4.14. The molecule has 0 saturated carbocycles. The number of carbonyl (C=O) groups excluding carboxylic acids is 2. The minimum absolute atomic E-state index is 0.00190. The summed E-state index contributed by atoms with van der Waals surface area (Å²) in [5.41, 5.74) is 1.15. The van der Waals surface area contributed by atoms with E-state index in [0.29, 0.717) is 18.7 Å². The van der Waals surface area contributed by atoms with Gasteiger partial charge in [-0.3, -0.25) is 14.5 Å². The molecule has 2 rings (SSSR count). The Kier molecular flexibility index (Phi) is 7.32. The monoisotopic (exact) mass is 363 g/mol. The van der Waals surface area contributed by atoms with Crippen molar-refractivity contribution < 1.29 is 9.59 Å². The van der Waals surface area contributed by atoms with Crippen molar-refractivity contribution in [2.75, 3.05) is 37.7 Å². The largest absolute Gasteiger partial charge is 0.352 e. The van der Waals surface area contributed by atoms with Crippen LogP contribution in [0.2, 0.25) is 0 Å². The fraction of sp³-hybridized carbons (Fsp3) is 0.579. The van der Waals surface area contributed by atoms with Crippen LogP contribution in [0.15, 0.2) is 24.3 Å². The van der Waals surface area contributed by atoms with Crippen LogP contribution < -0.4 is 10.6 Å². The average molecular weight is 364 g/mol. The molecule has 0 atom stereocenters. The summed E-state index contributed by atoms with van der Waals surface area (Å²) in [6, 6.07) is 7.43. The zero-order chi connectivity index (χ0) is 18.3. The van der Waals surface area contributed by atoms with E-state index >= 15 is 0 Å². The lowest BCUT2D eigenvalue weighted by molar-refractivity contribution is -0.128. The Bertz CT molecular complexity index is 593. The summed E-state index contributed by atoms with van der Waals surface area (Å²) in [5.74, 6) is 2.30. The van der Waals surface area contributed by atoms with Crippen molar-refractivity contribution in [2.24, 2.45) is 5.41 Å². The number of benzene rings is 1. The first kappa shape index (κ1) is 19.8. The van der Waals surface area contributed by atoms with Crippen LogP contribution in [0.1, 0.15) is 36.7 Å². The summed E-state index contributed by atoms with van der Waals surface area (Å²) in [4.78, 5) is 26.7. The maximum atomic E-state index is 12.3. The van der Waals surface area contributed by atoms with Crippen molar-refractivity contribution in [2.45, 2.75) is 27.3 Å². The molecule has 2 amide bonds. The molecule has 0 aromatic heterocycles. The summed E-state index contributed by atoms with van der Waals surface area (Å²) in [5, 5.41) is 5.90. The first-order valence-electron chi connectivity index (χ1n) is 8.82. The van der Waals surface area contributed by atoms with Crippen LogP contribution in [-0.4, -0.2) is 54.4 Å². The first-order chi connectivity index (χ1) is 11.9. The van der Waals surface area contributed by atoms with Gasteiger partial charge in [0.1, 0.15) is 0 Å². The standard InChI is InChI=1S/C19H29N3O2S/c1-19(2,3)18(24)21-14-15-5-4-6-16(13-15)17(23)20-7-8-22-9-11-25-12-10-22/h4-6,13H,7-12,14H2,1-3H3,(H,20,23)(H,21,24). The molecular weight excluding hydrogens is 334 g/mol. The van der Waals surface area contributed by atoms with Crippen LogP contribution in [0.25, 0.3) is 0 Å². The van der Waals surface area contributed by atoms with Crippen LogP contribution in [-0.2, 0) is 11.3 Å². The predicted octanol–water partition coefficient (Wildman–Crippen LogP) is 2.13. The van der Waals surface area contributed by atoms with E-state index in [0.717, 1.165) is 25.2 Å². The maximum absolute atomic E-state index is 12.3. The zero-order valence-electron chi connectivity index (χ0n) is 15.4. The molecule has 0 radical (unpaired) electrons. The molecule has 2 N–H and O–H groups in total. The number of hydrogen-bond acceptors (Lipinski definition) is 4. The molecular formula is C19H29N3O2S. The fourth-order valence-electron chi connectivity index (χ4n) is 2.52. The highest BCUT2D eigenvalue weighted by atomic mass is 32.2. The highest BCUT2D eigenvalue weighted by molar-refractivity contribution is 7.99. The lowest BCUT2D eigenvalue weighted by atomic mass is 9.95. The highest BCUT2D eigenvalue weighted by Gasteiger charge is 2.20. The highest BCUT2D eigenvalue weighted by Crippen LogP contribution is 2.13. The number of nitrogens with one attached hydrogen (secondary N) is 2. The van der Waals surface area contributed by atoms with Gasteiger partial charge in [0.2, 0.25) is 5.91 Å². The molecule has 5 nitrogen and oxygen atoms in total. The van der Waals surface area contributed by atoms with Crippen LogP contribution in [0, 0.1) is 5.41 Å². The van der Waals surface area contributed by atoms with Gasteiger partial charge in [-0.15, -0.1) is 0 Å². The lowest BCUT2D eigenvalue weighted by Gasteiger charge is -2.26. The number of hydrogen-bond donors (Lipinski definition) is 2. The predicted molar refractivity (Wildman–Crippen MR) is 104 cm³/mol. The summed E-state index contributed by atoms with van der Waals surface area (Å²) < 4.78 is 0. The van der Waals surface area contributed by atoms with Crippen LogP contribution in [0.4, 0.5) is 0 Å². The van der Waals surface area contributed by atoms with Gasteiger partial charge in [-0.05, 0) is 17.7 Å². The smallest absolute Gasteiger partial charge is 0.251 e. The van der Waals surface area contributed by atoms with Gasteiger partial charge in [-0.1, -0.05) is 32.9 Å². The third-order valence-corrected chi connectivity index (χ3v) is 5.08. The summed E-state index contributed by atoms with van der Waals surface area (Å²) in [6.07, 6.45) is 0. The van der Waals surface area contributed by atoms with Gasteiger partial charge in [-0.25, -0.2) is 0 Å².